The molecule has 0 atom stereocenters. The van der Waals surface area contributed by atoms with Crippen LogP contribution in [0, 0.1) is 5.82 Å². The summed E-state index contributed by atoms with van der Waals surface area (Å²) in [5, 5.41) is 0. The van der Waals surface area contributed by atoms with Crippen molar-refractivity contribution < 1.29 is 22.4 Å². The fourth-order valence-electron chi connectivity index (χ4n) is 3.80. The molecule has 1 aromatic carbocycles. The molecule has 1 saturated carbocycles. The van der Waals surface area contributed by atoms with Gasteiger partial charge in [-0.05, 0) is 25.0 Å². The minimum absolute atomic E-state index is 0. The SMILES string of the molecule is Cl.O=C(c1c[nH]c(-c2nc3c(F)c(C4CCC4)ncc3[nH]2)c1)c1ccccc1C(F)(F)F. The number of halogens is 5. The van der Waals surface area contributed by atoms with Crippen molar-refractivity contribution in [3.05, 3.63) is 70.9 Å². The highest BCUT2D eigenvalue weighted by atomic mass is 35.5. The third kappa shape index (κ3) is 3.66. The number of ketones is 1. The van der Waals surface area contributed by atoms with Crippen LogP contribution in [0.3, 0.4) is 0 Å². The van der Waals surface area contributed by atoms with E-state index in [1.807, 2.05) is 0 Å². The van der Waals surface area contributed by atoms with E-state index < -0.39 is 28.9 Å². The lowest BCUT2D eigenvalue weighted by Crippen LogP contribution is -2.13. The zero-order valence-electron chi connectivity index (χ0n) is 16.5. The molecule has 0 spiro atoms. The first-order chi connectivity index (χ1) is 14.8. The number of benzene rings is 1. The Hall–Kier alpha value is -3.20. The van der Waals surface area contributed by atoms with Gasteiger partial charge in [0, 0.05) is 23.2 Å². The molecular weight excluding hydrogens is 448 g/mol. The zero-order valence-corrected chi connectivity index (χ0v) is 17.3. The van der Waals surface area contributed by atoms with E-state index in [1.165, 1.54) is 30.6 Å². The van der Waals surface area contributed by atoms with Crippen LogP contribution in [-0.2, 0) is 6.18 Å². The summed E-state index contributed by atoms with van der Waals surface area (Å²) < 4.78 is 54.6. The fourth-order valence-corrected chi connectivity index (χ4v) is 3.80. The van der Waals surface area contributed by atoms with Crippen molar-refractivity contribution in [2.24, 2.45) is 0 Å². The van der Waals surface area contributed by atoms with E-state index in [0.29, 0.717) is 16.9 Å². The minimum Gasteiger partial charge on any atom is -0.358 e. The second-order valence-electron chi connectivity index (χ2n) is 7.61. The summed E-state index contributed by atoms with van der Waals surface area (Å²) >= 11 is 0. The number of hydrogen-bond acceptors (Lipinski definition) is 3. The number of carbonyl (C=O) groups is 1. The number of H-pyrrole nitrogens is 2. The molecule has 5 rings (SSSR count). The molecule has 3 aromatic heterocycles. The Kier molecular flexibility index (Phi) is 5.54. The molecule has 0 unspecified atom stereocenters. The number of alkyl halides is 3. The lowest BCUT2D eigenvalue weighted by Gasteiger charge is -2.24. The van der Waals surface area contributed by atoms with Gasteiger partial charge in [-0.1, -0.05) is 24.6 Å². The van der Waals surface area contributed by atoms with Crippen molar-refractivity contribution in [2.75, 3.05) is 0 Å². The molecule has 1 aliphatic rings. The van der Waals surface area contributed by atoms with Crippen LogP contribution in [0.1, 0.15) is 52.4 Å². The van der Waals surface area contributed by atoms with Crippen molar-refractivity contribution in [1.29, 1.82) is 0 Å². The fraction of sp³-hybridized carbons (Fsp3) is 0.227. The molecule has 1 fully saturated rings. The summed E-state index contributed by atoms with van der Waals surface area (Å²) in [6.07, 6.45) is 1.03. The molecule has 2 N–H and O–H groups in total. The van der Waals surface area contributed by atoms with Crippen molar-refractivity contribution in [1.82, 2.24) is 19.9 Å². The highest BCUT2D eigenvalue weighted by Gasteiger charge is 2.35. The van der Waals surface area contributed by atoms with Crippen molar-refractivity contribution >= 4 is 29.2 Å². The highest BCUT2D eigenvalue weighted by molar-refractivity contribution is 6.10. The number of fused-ring (bicyclic) bond motifs is 1. The van der Waals surface area contributed by atoms with Crippen LogP contribution in [-0.4, -0.2) is 25.7 Å². The first kappa shape index (κ1) is 22.0. The number of nitrogens with zero attached hydrogens (tertiary/aromatic N) is 2. The molecule has 0 aliphatic heterocycles. The number of aromatic amines is 2. The molecular formula is C22H17ClF4N4O. The van der Waals surface area contributed by atoms with Crippen molar-refractivity contribution in [3.63, 3.8) is 0 Å². The number of rotatable bonds is 4. The number of imidazole rings is 1. The molecule has 4 aromatic rings. The van der Waals surface area contributed by atoms with E-state index in [1.54, 1.807) is 0 Å². The van der Waals surface area contributed by atoms with E-state index >= 15 is 0 Å². The smallest absolute Gasteiger partial charge is 0.358 e. The van der Waals surface area contributed by atoms with E-state index in [0.717, 1.165) is 31.4 Å². The predicted molar refractivity (Wildman–Crippen MR) is 112 cm³/mol. The van der Waals surface area contributed by atoms with Gasteiger partial charge in [-0.15, -0.1) is 12.4 Å². The maximum Gasteiger partial charge on any atom is 0.417 e. The Bertz CT molecular complexity index is 1310. The molecule has 3 heterocycles. The third-order valence-corrected chi connectivity index (χ3v) is 5.67. The second-order valence-corrected chi connectivity index (χ2v) is 7.61. The van der Waals surface area contributed by atoms with Gasteiger partial charge in [0.25, 0.3) is 0 Å². The Balaban J connectivity index is 0.00000245. The summed E-state index contributed by atoms with van der Waals surface area (Å²) in [4.78, 5) is 27.0. The lowest BCUT2D eigenvalue weighted by atomic mass is 9.82. The number of pyridine rings is 1. The van der Waals surface area contributed by atoms with Crippen LogP contribution in [0.2, 0.25) is 0 Å². The van der Waals surface area contributed by atoms with E-state index in [9.17, 15) is 22.4 Å². The van der Waals surface area contributed by atoms with Crippen LogP contribution in [0.5, 0.6) is 0 Å². The summed E-state index contributed by atoms with van der Waals surface area (Å²) in [5.74, 6) is -0.865. The first-order valence-corrected chi connectivity index (χ1v) is 9.76. The van der Waals surface area contributed by atoms with Gasteiger partial charge in [0.15, 0.2) is 17.4 Å². The largest absolute Gasteiger partial charge is 0.417 e. The Morgan fingerprint density at radius 2 is 1.91 bits per heavy atom. The molecule has 0 radical (unpaired) electrons. The number of carbonyl (C=O) groups excluding carboxylic acids is 1. The molecule has 166 valence electrons. The quantitative estimate of drug-likeness (QED) is 0.286. The predicted octanol–water partition coefficient (Wildman–Crippen LogP) is 6.03. The van der Waals surface area contributed by atoms with Gasteiger partial charge >= 0.3 is 6.18 Å². The normalized spacial score (nSPS) is 14.2. The third-order valence-electron chi connectivity index (χ3n) is 5.67. The van der Waals surface area contributed by atoms with Gasteiger partial charge in [-0.25, -0.2) is 9.37 Å². The summed E-state index contributed by atoms with van der Waals surface area (Å²) in [6.45, 7) is 0. The van der Waals surface area contributed by atoms with Gasteiger partial charge < -0.3 is 9.97 Å². The number of nitrogens with one attached hydrogen (secondary N) is 2. The van der Waals surface area contributed by atoms with E-state index in [-0.39, 0.29) is 35.2 Å². The van der Waals surface area contributed by atoms with Crippen LogP contribution in [0.25, 0.3) is 22.6 Å². The van der Waals surface area contributed by atoms with Gasteiger partial charge in [0.05, 0.1) is 28.7 Å². The summed E-state index contributed by atoms with van der Waals surface area (Å²) in [6, 6.07) is 6.02. The second kappa shape index (κ2) is 8.05. The molecule has 10 heteroatoms. The molecule has 0 bridgehead atoms. The minimum atomic E-state index is -4.65. The topological polar surface area (TPSA) is 74.4 Å². The average molecular weight is 465 g/mol. The molecule has 32 heavy (non-hydrogen) atoms. The highest BCUT2D eigenvalue weighted by Crippen LogP contribution is 2.38. The Morgan fingerprint density at radius 3 is 2.59 bits per heavy atom. The van der Waals surface area contributed by atoms with Crippen LogP contribution < -0.4 is 0 Å². The monoisotopic (exact) mass is 464 g/mol. The molecule has 1 aliphatic carbocycles. The average Bonchev–Trinajstić information content (AvgIpc) is 3.35. The maximum atomic E-state index is 14.9. The first-order valence-electron chi connectivity index (χ1n) is 9.76. The standard InChI is InChI=1S/C22H16F4N4O.ClH/c23-17-18(11-4-3-5-11)28-10-16-19(17)30-21(29-16)15-8-12(9-27-15)20(31)13-6-1-2-7-14(13)22(24,25)26;/h1-2,6-11,27H,3-5H2,(H,29,30);1H. The lowest BCUT2D eigenvalue weighted by molar-refractivity contribution is -0.137. The van der Waals surface area contributed by atoms with Crippen molar-refractivity contribution in [3.8, 4) is 11.5 Å². The molecule has 5 nitrogen and oxygen atoms in total. The Labute approximate surface area is 185 Å². The van der Waals surface area contributed by atoms with Crippen molar-refractivity contribution in [2.45, 2.75) is 31.4 Å². The van der Waals surface area contributed by atoms with Gasteiger partial charge in [-0.3, -0.25) is 9.78 Å². The molecule has 0 saturated heterocycles. The van der Waals surface area contributed by atoms with Crippen LogP contribution in [0.4, 0.5) is 17.6 Å². The number of aromatic nitrogens is 4. The number of hydrogen-bond donors (Lipinski definition) is 2. The van der Waals surface area contributed by atoms with E-state index in [4.69, 9.17) is 0 Å². The zero-order chi connectivity index (χ0) is 21.8. The maximum absolute atomic E-state index is 14.9. The van der Waals surface area contributed by atoms with Crippen LogP contribution in [0.15, 0.2) is 42.7 Å². The van der Waals surface area contributed by atoms with Crippen LogP contribution >= 0.6 is 12.4 Å². The molecule has 0 amide bonds. The van der Waals surface area contributed by atoms with Gasteiger partial charge in [0.1, 0.15) is 5.52 Å². The summed E-state index contributed by atoms with van der Waals surface area (Å²) in [5.41, 5.74) is -0.0802. The van der Waals surface area contributed by atoms with E-state index in [2.05, 4.69) is 19.9 Å². The van der Waals surface area contributed by atoms with Gasteiger partial charge in [-0.2, -0.15) is 13.2 Å². The summed E-state index contributed by atoms with van der Waals surface area (Å²) in [7, 11) is 0. The van der Waals surface area contributed by atoms with Gasteiger partial charge in [0.2, 0.25) is 0 Å². The Morgan fingerprint density at radius 1 is 1.16 bits per heavy atom.